The monoisotopic (exact) mass is 374 g/mol. The highest BCUT2D eigenvalue weighted by molar-refractivity contribution is 5.82. The minimum atomic E-state index is -0.223. The first kappa shape index (κ1) is 19.2. The lowest BCUT2D eigenvalue weighted by Crippen LogP contribution is -2.12. The van der Waals surface area contributed by atoms with E-state index in [0.717, 1.165) is 16.7 Å². The Kier molecular flexibility index (Phi) is 6.79. The highest BCUT2D eigenvalue weighted by atomic mass is 16.5. The summed E-state index contributed by atoms with van der Waals surface area (Å²) in [4.78, 5) is 11.0. The maximum Gasteiger partial charge on any atom is 0.236 e. The smallest absolute Gasteiger partial charge is 0.236 e. The number of hydrogen-bond donors (Lipinski definition) is 1. The first-order valence-electron chi connectivity index (χ1n) is 8.98. The van der Waals surface area contributed by atoms with Gasteiger partial charge < -0.3 is 9.47 Å². The third kappa shape index (κ3) is 5.99. The standard InChI is InChI=1S/C23H22N2O3/c1-18(26)25-24-15-21-12-13-22(27-16-19-8-4-2-5-9-19)23(14-21)28-17-20-10-6-3-7-11-20/h2-15H,16-17H2,1H3,(H,25,26)/b24-15-. The Morgan fingerprint density at radius 3 is 2.00 bits per heavy atom. The van der Waals surface area contributed by atoms with Crippen molar-refractivity contribution in [3.8, 4) is 11.5 Å². The van der Waals surface area contributed by atoms with Crippen LogP contribution in [0.1, 0.15) is 23.6 Å². The summed E-state index contributed by atoms with van der Waals surface area (Å²) in [6.45, 7) is 2.28. The molecule has 0 fully saturated rings. The van der Waals surface area contributed by atoms with Crippen molar-refractivity contribution in [1.29, 1.82) is 0 Å². The molecular formula is C23H22N2O3. The number of amides is 1. The normalized spacial score (nSPS) is 10.6. The second-order valence-corrected chi connectivity index (χ2v) is 6.18. The Labute approximate surface area is 164 Å². The van der Waals surface area contributed by atoms with Crippen LogP contribution in [0.5, 0.6) is 11.5 Å². The van der Waals surface area contributed by atoms with E-state index in [1.807, 2.05) is 78.9 Å². The van der Waals surface area contributed by atoms with Crippen molar-refractivity contribution in [2.75, 3.05) is 0 Å². The summed E-state index contributed by atoms with van der Waals surface area (Å²) in [5.41, 5.74) is 5.33. The van der Waals surface area contributed by atoms with E-state index < -0.39 is 0 Å². The van der Waals surface area contributed by atoms with Crippen molar-refractivity contribution < 1.29 is 14.3 Å². The van der Waals surface area contributed by atoms with Gasteiger partial charge in [-0.15, -0.1) is 0 Å². The van der Waals surface area contributed by atoms with Crippen molar-refractivity contribution in [2.24, 2.45) is 5.10 Å². The lowest BCUT2D eigenvalue weighted by molar-refractivity contribution is -0.118. The van der Waals surface area contributed by atoms with Gasteiger partial charge in [-0.1, -0.05) is 60.7 Å². The number of benzene rings is 3. The van der Waals surface area contributed by atoms with Gasteiger partial charge in [0.05, 0.1) is 6.21 Å². The summed E-state index contributed by atoms with van der Waals surface area (Å²) in [6, 6.07) is 25.4. The number of carbonyl (C=O) groups excluding carboxylic acids is 1. The molecule has 0 aliphatic rings. The minimum Gasteiger partial charge on any atom is -0.485 e. The Morgan fingerprint density at radius 2 is 1.43 bits per heavy atom. The predicted molar refractivity (Wildman–Crippen MR) is 109 cm³/mol. The zero-order valence-corrected chi connectivity index (χ0v) is 15.7. The molecule has 5 heteroatoms. The van der Waals surface area contributed by atoms with Crippen LogP contribution in [-0.4, -0.2) is 12.1 Å². The molecule has 5 nitrogen and oxygen atoms in total. The van der Waals surface area contributed by atoms with E-state index in [1.165, 1.54) is 6.92 Å². The average Bonchev–Trinajstić information content (AvgIpc) is 2.73. The van der Waals surface area contributed by atoms with Crippen molar-refractivity contribution in [1.82, 2.24) is 5.43 Å². The number of nitrogens with one attached hydrogen (secondary N) is 1. The lowest BCUT2D eigenvalue weighted by Gasteiger charge is -2.14. The van der Waals surface area contributed by atoms with Crippen LogP contribution in [0.4, 0.5) is 0 Å². The topological polar surface area (TPSA) is 59.9 Å². The Bertz CT molecular complexity index is 925. The summed E-state index contributed by atoms with van der Waals surface area (Å²) in [6.07, 6.45) is 1.57. The molecule has 3 aromatic rings. The van der Waals surface area contributed by atoms with E-state index in [-0.39, 0.29) is 5.91 Å². The zero-order chi connectivity index (χ0) is 19.6. The number of ether oxygens (including phenoxy) is 2. The van der Waals surface area contributed by atoms with Crippen LogP contribution in [-0.2, 0) is 18.0 Å². The molecular weight excluding hydrogens is 352 g/mol. The molecule has 0 aliphatic carbocycles. The zero-order valence-electron chi connectivity index (χ0n) is 15.7. The average molecular weight is 374 g/mol. The molecule has 0 radical (unpaired) electrons. The Morgan fingerprint density at radius 1 is 0.857 bits per heavy atom. The number of hydrogen-bond acceptors (Lipinski definition) is 4. The fourth-order valence-corrected chi connectivity index (χ4v) is 2.51. The highest BCUT2D eigenvalue weighted by Crippen LogP contribution is 2.29. The van der Waals surface area contributed by atoms with Crippen LogP contribution < -0.4 is 14.9 Å². The van der Waals surface area contributed by atoms with Crippen LogP contribution in [0.2, 0.25) is 0 Å². The quantitative estimate of drug-likeness (QED) is 0.472. The van der Waals surface area contributed by atoms with Crippen LogP contribution in [0.3, 0.4) is 0 Å². The molecule has 1 N–H and O–H groups in total. The first-order valence-corrected chi connectivity index (χ1v) is 8.98. The van der Waals surface area contributed by atoms with Gasteiger partial charge >= 0.3 is 0 Å². The fraction of sp³-hybridized carbons (Fsp3) is 0.130. The van der Waals surface area contributed by atoms with Crippen molar-refractivity contribution in [3.63, 3.8) is 0 Å². The van der Waals surface area contributed by atoms with Crippen LogP contribution in [0.25, 0.3) is 0 Å². The van der Waals surface area contributed by atoms with Crippen LogP contribution >= 0.6 is 0 Å². The molecule has 3 aromatic carbocycles. The number of nitrogens with zero attached hydrogens (tertiary/aromatic N) is 1. The third-order valence-corrected chi connectivity index (χ3v) is 3.88. The molecule has 142 valence electrons. The number of carbonyl (C=O) groups is 1. The highest BCUT2D eigenvalue weighted by Gasteiger charge is 2.08. The van der Waals surface area contributed by atoms with Gasteiger partial charge in [0.25, 0.3) is 0 Å². The summed E-state index contributed by atoms with van der Waals surface area (Å²) < 4.78 is 12.0. The summed E-state index contributed by atoms with van der Waals surface area (Å²) in [5, 5.41) is 3.90. The summed E-state index contributed by atoms with van der Waals surface area (Å²) >= 11 is 0. The maximum absolute atomic E-state index is 11.0. The minimum absolute atomic E-state index is 0.223. The van der Waals surface area contributed by atoms with Gasteiger partial charge in [-0.2, -0.15) is 5.10 Å². The third-order valence-electron chi connectivity index (χ3n) is 3.88. The van der Waals surface area contributed by atoms with Crippen molar-refractivity contribution >= 4 is 12.1 Å². The lowest BCUT2D eigenvalue weighted by atomic mass is 10.2. The van der Waals surface area contributed by atoms with E-state index in [2.05, 4.69) is 10.5 Å². The molecule has 0 spiro atoms. The molecule has 0 saturated heterocycles. The molecule has 0 unspecified atom stereocenters. The molecule has 0 heterocycles. The largest absolute Gasteiger partial charge is 0.485 e. The van der Waals surface area contributed by atoms with Crippen LogP contribution in [0, 0.1) is 0 Å². The maximum atomic E-state index is 11.0. The second-order valence-electron chi connectivity index (χ2n) is 6.18. The van der Waals surface area contributed by atoms with E-state index in [4.69, 9.17) is 9.47 Å². The van der Waals surface area contributed by atoms with E-state index >= 15 is 0 Å². The fourth-order valence-electron chi connectivity index (χ4n) is 2.51. The molecule has 3 rings (SSSR count). The molecule has 0 saturated carbocycles. The second kappa shape index (κ2) is 9.92. The summed E-state index contributed by atoms with van der Waals surface area (Å²) in [7, 11) is 0. The number of hydrazone groups is 1. The predicted octanol–water partition coefficient (Wildman–Crippen LogP) is 4.31. The van der Waals surface area contributed by atoms with Gasteiger partial charge in [-0.3, -0.25) is 4.79 Å². The van der Waals surface area contributed by atoms with Gasteiger partial charge in [0.15, 0.2) is 11.5 Å². The van der Waals surface area contributed by atoms with E-state index in [0.29, 0.717) is 24.7 Å². The SMILES string of the molecule is CC(=O)N/N=C\c1ccc(OCc2ccccc2)c(OCc2ccccc2)c1. The van der Waals surface area contributed by atoms with Gasteiger partial charge in [-0.05, 0) is 34.9 Å². The Balaban J connectivity index is 1.76. The molecule has 0 atom stereocenters. The van der Waals surface area contributed by atoms with Crippen molar-refractivity contribution in [2.45, 2.75) is 20.1 Å². The van der Waals surface area contributed by atoms with Gasteiger partial charge in [0, 0.05) is 6.92 Å². The number of rotatable bonds is 8. The van der Waals surface area contributed by atoms with Crippen LogP contribution in [0.15, 0.2) is 84.0 Å². The molecule has 0 bridgehead atoms. The summed E-state index contributed by atoms with van der Waals surface area (Å²) in [5.74, 6) is 1.04. The molecule has 28 heavy (non-hydrogen) atoms. The van der Waals surface area contributed by atoms with E-state index in [9.17, 15) is 4.79 Å². The molecule has 0 aromatic heterocycles. The first-order chi connectivity index (χ1) is 13.7. The van der Waals surface area contributed by atoms with Gasteiger partial charge in [0.1, 0.15) is 13.2 Å². The molecule has 1 amide bonds. The van der Waals surface area contributed by atoms with Gasteiger partial charge in [0.2, 0.25) is 5.91 Å². The molecule has 0 aliphatic heterocycles. The Hall–Kier alpha value is -3.60. The van der Waals surface area contributed by atoms with Crippen molar-refractivity contribution in [3.05, 3.63) is 95.6 Å². The van der Waals surface area contributed by atoms with E-state index in [1.54, 1.807) is 6.21 Å². The van der Waals surface area contributed by atoms with Gasteiger partial charge in [-0.25, -0.2) is 5.43 Å².